The van der Waals surface area contributed by atoms with E-state index in [0.29, 0.717) is 0 Å². The largest absolute Gasteiger partial charge is 0.326 e. The monoisotopic (exact) mass is 329 g/mol. The summed E-state index contributed by atoms with van der Waals surface area (Å²) in [7, 11) is 0. The van der Waals surface area contributed by atoms with Crippen molar-refractivity contribution in [3.63, 3.8) is 0 Å². The zero-order valence-corrected chi connectivity index (χ0v) is 14.2. The van der Waals surface area contributed by atoms with Gasteiger partial charge in [0.25, 0.3) is 5.91 Å². The van der Waals surface area contributed by atoms with Gasteiger partial charge in [-0.05, 0) is 69.6 Å². The predicted octanol–water partition coefficient (Wildman–Crippen LogP) is 2.32. The van der Waals surface area contributed by atoms with E-state index in [1.165, 1.54) is 37.9 Å². The van der Waals surface area contributed by atoms with Crippen LogP contribution in [0.25, 0.3) is 0 Å². The molecule has 1 aromatic rings. The van der Waals surface area contributed by atoms with Gasteiger partial charge < -0.3 is 10.2 Å². The Morgan fingerprint density at radius 3 is 2.46 bits per heavy atom. The Morgan fingerprint density at radius 2 is 1.79 bits per heavy atom. The molecule has 0 aromatic heterocycles. The van der Waals surface area contributed by atoms with Crippen molar-refractivity contribution in [2.75, 3.05) is 19.6 Å². The molecule has 0 radical (unpaired) electrons. The summed E-state index contributed by atoms with van der Waals surface area (Å²) in [4.78, 5) is 25.1. The average molecular weight is 329 g/mol. The minimum Gasteiger partial charge on any atom is -0.326 e. The lowest BCUT2D eigenvalue weighted by molar-refractivity contribution is -0.120. The third kappa shape index (κ3) is 4.81. The third-order valence-corrected chi connectivity index (χ3v) is 5.15. The molecule has 2 N–H and O–H groups in total. The highest BCUT2D eigenvalue weighted by Crippen LogP contribution is 2.22. The Hall–Kier alpha value is -1.88. The molecule has 0 aliphatic carbocycles. The van der Waals surface area contributed by atoms with Crippen LogP contribution < -0.4 is 10.6 Å². The van der Waals surface area contributed by atoms with Gasteiger partial charge in [0.1, 0.15) is 6.04 Å². The normalized spacial score (nSPS) is 22.4. The second-order valence-electron chi connectivity index (χ2n) is 6.99. The first-order valence-corrected chi connectivity index (χ1v) is 9.08. The van der Waals surface area contributed by atoms with E-state index in [1.54, 1.807) is 0 Å². The maximum Gasteiger partial charge on any atom is 0.322 e. The van der Waals surface area contributed by atoms with Crippen molar-refractivity contribution in [2.24, 2.45) is 5.92 Å². The molecule has 1 aromatic carbocycles. The first kappa shape index (κ1) is 17.0. The van der Waals surface area contributed by atoms with Crippen LogP contribution in [0.5, 0.6) is 0 Å². The molecule has 130 valence electrons. The summed E-state index contributed by atoms with van der Waals surface area (Å²) in [5.74, 6) is 0.628. The maximum atomic E-state index is 11.5. The molecule has 2 aliphatic heterocycles. The maximum absolute atomic E-state index is 11.5. The topological polar surface area (TPSA) is 61.4 Å². The third-order valence-electron chi connectivity index (χ3n) is 5.15. The summed E-state index contributed by atoms with van der Waals surface area (Å²) < 4.78 is 0. The smallest absolute Gasteiger partial charge is 0.322 e. The Balaban J connectivity index is 1.29. The molecule has 24 heavy (non-hydrogen) atoms. The van der Waals surface area contributed by atoms with Crippen LogP contribution in [0, 0.1) is 5.92 Å². The van der Waals surface area contributed by atoms with Gasteiger partial charge >= 0.3 is 6.03 Å². The molecule has 0 saturated carbocycles. The highest BCUT2D eigenvalue weighted by atomic mass is 16.2. The molecule has 5 heteroatoms. The fraction of sp³-hybridized carbons (Fsp3) is 0.579. The second kappa shape index (κ2) is 8.29. The number of hydrogen-bond donors (Lipinski definition) is 2. The lowest BCUT2D eigenvalue weighted by Crippen LogP contribution is -2.35. The average Bonchev–Trinajstić information content (AvgIpc) is 2.91. The fourth-order valence-electron chi connectivity index (χ4n) is 3.71. The number of rotatable bonds is 7. The molecule has 0 bridgehead atoms. The van der Waals surface area contributed by atoms with Gasteiger partial charge in [0.15, 0.2) is 0 Å². The van der Waals surface area contributed by atoms with Gasteiger partial charge in [0.05, 0.1) is 0 Å². The van der Waals surface area contributed by atoms with E-state index in [-0.39, 0.29) is 18.0 Å². The number of hydrogen-bond acceptors (Lipinski definition) is 3. The van der Waals surface area contributed by atoms with Gasteiger partial charge in [0, 0.05) is 0 Å². The zero-order chi connectivity index (χ0) is 16.8. The molecule has 3 amide bonds. The predicted molar refractivity (Wildman–Crippen MR) is 93.6 cm³/mol. The van der Waals surface area contributed by atoms with Crippen LogP contribution in [0.4, 0.5) is 4.79 Å². The van der Waals surface area contributed by atoms with E-state index in [1.807, 2.05) is 0 Å². The van der Waals surface area contributed by atoms with Crippen LogP contribution in [0.1, 0.15) is 37.7 Å². The van der Waals surface area contributed by atoms with E-state index < -0.39 is 0 Å². The molecule has 1 atom stereocenters. The van der Waals surface area contributed by atoms with Crippen molar-refractivity contribution in [3.05, 3.63) is 35.9 Å². The molecule has 2 fully saturated rings. The van der Waals surface area contributed by atoms with Crippen molar-refractivity contribution in [3.8, 4) is 0 Å². The van der Waals surface area contributed by atoms with Crippen LogP contribution in [-0.4, -0.2) is 42.5 Å². The Morgan fingerprint density at radius 1 is 1.04 bits per heavy atom. The van der Waals surface area contributed by atoms with Crippen molar-refractivity contribution in [1.82, 2.24) is 15.5 Å². The molecule has 2 saturated heterocycles. The molecular formula is C19H27N3O2. The van der Waals surface area contributed by atoms with Crippen LogP contribution in [0.15, 0.2) is 30.3 Å². The first-order valence-electron chi connectivity index (χ1n) is 9.08. The number of unbranched alkanes of at least 4 members (excludes halogenated alkanes) is 1. The van der Waals surface area contributed by atoms with Gasteiger partial charge in [0.2, 0.25) is 0 Å². The number of amides is 3. The summed E-state index contributed by atoms with van der Waals surface area (Å²) in [5.41, 5.74) is 1.45. The number of carbonyl (C=O) groups is 2. The number of nitrogens with zero attached hydrogens (tertiary/aromatic N) is 1. The lowest BCUT2D eigenvalue weighted by Gasteiger charge is -2.32. The number of imide groups is 1. The number of nitrogens with one attached hydrogen (secondary N) is 2. The van der Waals surface area contributed by atoms with Crippen molar-refractivity contribution >= 4 is 11.9 Å². The number of urea groups is 1. The number of likely N-dealkylation sites (tertiary alicyclic amines) is 1. The summed E-state index contributed by atoms with van der Waals surface area (Å²) in [6.45, 7) is 3.46. The molecular weight excluding hydrogens is 302 g/mol. The highest BCUT2D eigenvalue weighted by Gasteiger charge is 2.28. The van der Waals surface area contributed by atoms with Gasteiger partial charge in [-0.2, -0.15) is 0 Å². The van der Waals surface area contributed by atoms with Gasteiger partial charge in [-0.25, -0.2) is 4.79 Å². The molecule has 5 nitrogen and oxygen atoms in total. The lowest BCUT2D eigenvalue weighted by atomic mass is 9.90. The van der Waals surface area contributed by atoms with Gasteiger partial charge in [-0.1, -0.05) is 30.3 Å². The van der Waals surface area contributed by atoms with Crippen LogP contribution in [0.2, 0.25) is 0 Å². The quantitative estimate of drug-likeness (QED) is 0.596. The Bertz CT molecular complexity index is 553. The second-order valence-corrected chi connectivity index (χ2v) is 6.99. The SMILES string of the molecule is O=C1NC(=O)C(CCCCN2CCC(Cc3ccccc3)CC2)N1. The number of benzene rings is 1. The van der Waals surface area contributed by atoms with E-state index in [0.717, 1.165) is 31.7 Å². The molecule has 1 unspecified atom stereocenters. The fourth-order valence-corrected chi connectivity index (χ4v) is 3.71. The van der Waals surface area contributed by atoms with E-state index in [2.05, 4.69) is 45.9 Å². The Kier molecular flexibility index (Phi) is 5.86. The summed E-state index contributed by atoms with van der Waals surface area (Å²) in [6.07, 6.45) is 6.55. The van der Waals surface area contributed by atoms with Crippen LogP contribution in [0.3, 0.4) is 0 Å². The highest BCUT2D eigenvalue weighted by molar-refractivity contribution is 6.04. The number of carbonyl (C=O) groups excluding carboxylic acids is 2. The van der Waals surface area contributed by atoms with Crippen LogP contribution in [-0.2, 0) is 11.2 Å². The Labute approximate surface area is 143 Å². The van der Waals surface area contributed by atoms with Crippen LogP contribution >= 0.6 is 0 Å². The molecule has 3 rings (SSSR count). The number of piperidine rings is 1. The first-order chi connectivity index (χ1) is 11.7. The zero-order valence-electron chi connectivity index (χ0n) is 14.2. The van der Waals surface area contributed by atoms with Gasteiger partial charge in [-0.3, -0.25) is 10.1 Å². The van der Waals surface area contributed by atoms with Gasteiger partial charge in [-0.15, -0.1) is 0 Å². The summed E-state index contributed by atoms with van der Waals surface area (Å²) >= 11 is 0. The van der Waals surface area contributed by atoms with Crippen molar-refractivity contribution in [2.45, 2.75) is 44.6 Å². The van der Waals surface area contributed by atoms with E-state index in [9.17, 15) is 9.59 Å². The molecule has 2 aliphatic rings. The minimum atomic E-state index is -0.356. The standard InChI is InChI=1S/C19H27N3O2/c23-18-17(20-19(24)21-18)8-4-5-11-22-12-9-16(10-13-22)14-15-6-2-1-3-7-15/h1-3,6-7,16-17H,4-5,8-14H2,(H2,20,21,23,24). The molecule has 0 spiro atoms. The van der Waals surface area contributed by atoms with Crippen molar-refractivity contribution in [1.29, 1.82) is 0 Å². The molecule has 2 heterocycles. The van der Waals surface area contributed by atoms with E-state index >= 15 is 0 Å². The summed E-state index contributed by atoms with van der Waals surface area (Å²) in [6, 6.07) is 10.1. The summed E-state index contributed by atoms with van der Waals surface area (Å²) in [5, 5.41) is 4.94. The van der Waals surface area contributed by atoms with E-state index in [4.69, 9.17) is 0 Å². The minimum absolute atomic E-state index is 0.179. The van der Waals surface area contributed by atoms with Crippen molar-refractivity contribution < 1.29 is 9.59 Å².